The van der Waals surface area contributed by atoms with Gasteiger partial charge >= 0.3 is 0 Å². The molecule has 0 saturated heterocycles. The van der Waals surface area contributed by atoms with Crippen LogP contribution in [0.5, 0.6) is 0 Å². The molecule has 0 fully saturated rings. The van der Waals surface area contributed by atoms with E-state index in [1.54, 1.807) is 23.5 Å². The number of rotatable bonds is 5. The maximum Gasteiger partial charge on any atom is 0.271 e. The molecule has 4 rings (SSSR count). The predicted molar refractivity (Wildman–Crippen MR) is 107 cm³/mol. The van der Waals surface area contributed by atoms with Crippen molar-refractivity contribution in [3.05, 3.63) is 81.6 Å². The van der Waals surface area contributed by atoms with Crippen molar-refractivity contribution in [2.24, 2.45) is 0 Å². The molecule has 0 unspecified atom stereocenters. The molecular weight excluding hydrogens is 360 g/mol. The van der Waals surface area contributed by atoms with E-state index in [2.05, 4.69) is 16.6 Å². The molecule has 0 saturated carbocycles. The number of benzene rings is 2. The van der Waals surface area contributed by atoms with Crippen LogP contribution in [0.1, 0.15) is 17.5 Å². The van der Waals surface area contributed by atoms with Crippen molar-refractivity contribution in [3.63, 3.8) is 0 Å². The highest BCUT2D eigenvalue weighted by Crippen LogP contribution is 2.26. The van der Waals surface area contributed by atoms with Gasteiger partial charge in [0.25, 0.3) is 10.7 Å². The third kappa shape index (κ3) is 3.37. The summed E-state index contributed by atoms with van der Waals surface area (Å²) in [7, 11) is 0. The second-order valence-corrected chi connectivity index (χ2v) is 7.04. The van der Waals surface area contributed by atoms with E-state index in [0.29, 0.717) is 0 Å². The average molecular weight is 377 g/mol. The highest BCUT2D eigenvalue weighted by atomic mass is 32.1. The van der Waals surface area contributed by atoms with E-state index >= 15 is 0 Å². The first kappa shape index (κ1) is 17.1. The number of nitrogens with zero attached hydrogens (tertiary/aromatic N) is 4. The van der Waals surface area contributed by atoms with Crippen LogP contribution in [0.15, 0.2) is 60.9 Å². The topological polar surface area (TPSA) is 64.8 Å². The minimum atomic E-state index is -0.358. The smallest absolute Gasteiger partial charge is 0.258 e. The highest BCUT2D eigenvalue weighted by Gasteiger charge is 2.19. The van der Waals surface area contributed by atoms with Gasteiger partial charge in [0.05, 0.1) is 16.8 Å². The fourth-order valence-corrected chi connectivity index (χ4v) is 4.13. The molecule has 7 heteroatoms. The number of nitro groups is 1. The first-order valence-corrected chi connectivity index (χ1v) is 9.36. The van der Waals surface area contributed by atoms with Crippen molar-refractivity contribution in [1.82, 2.24) is 9.78 Å². The van der Waals surface area contributed by atoms with Gasteiger partial charge in [-0.2, -0.15) is 9.67 Å². The predicted octanol–water partition coefficient (Wildman–Crippen LogP) is 4.47. The first-order valence-electron chi connectivity index (χ1n) is 8.54. The Morgan fingerprint density at radius 2 is 2.04 bits per heavy atom. The van der Waals surface area contributed by atoms with E-state index < -0.39 is 0 Å². The van der Waals surface area contributed by atoms with Crippen LogP contribution in [-0.2, 0) is 6.54 Å². The lowest BCUT2D eigenvalue weighted by Crippen LogP contribution is -2.33. The maximum absolute atomic E-state index is 11.0. The lowest BCUT2D eigenvalue weighted by Gasteiger charge is -1.98. The van der Waals surface area contributed by atoms with Gasteiger partial charge in [-0.25, -0.2) is 4.68 Å². The number of non-ortho nitro benzene ring substituents is 1. The summed E-state index contributed by atoms with van der Waals surface area (Å²) in [5.41, 5.74) is 3.12. The van der Waals surface area contributed by atoms with Gasteiger partial charge in [0.1, 0.15) is 11.2 Å². The zero-order valence-electron chi connectivity index (χ0n) is 14.6. The molecule has 0 aliphatic rings. The van der Waals surface area contributed by atoms with Crippen molar-refractivity contribution in [3.8, 4) is 5.69 Å². The van der Waals surface area contributed by atoms with Gasteiger partial charge in [-0.1, -0.05) is 29.5 Å². The molecule has 0 N–H and O–H groups in total. The van der Waals surface area contributed by atoms with E-state index in [4.69, 9.17) is 0 Å². The van der Waals surface area contributed by atoms with Crippen LogP contribution in [0.2, 0.25) is 0 Å². The third-order valence-electron chi connectivity index (χ3n) is 4.28. The number of aryl methyl sites for hydroxylation is 1. The molecule has 4 aromatic rings. The van der Waals surface area contributed by atoms with Crippen LogP contribution >= 0.6 is 11.3 Å². The van der Waals surface area contributed by atoms with Gasteiger partial charge in [0.15, 0.2) is 0 Å². The molecule has 0 amide bonds. The number of aromatic nitrogens is 3. The zero-order valence-corrected chi connectivity index (χ0v) is 15.5. The lowest BCUT2D eigenvalue weighted by molar-refractivity contribution is -0.665. The van der Waals surface area contributed by atoms with Gasteiger partial charge in [0.2, 0.25) is 5.52 Å². The molecule has 2 aromatic heterocycles. The van der Waals surface area contributed by atoms with E-state index in [1.807, 2.05) is 65.6 Å². The van der Waals surface area contributed by atoms with Gasteiger partial charge < -0.3 is 0 Å². The highest BCUT2D eigenvalue weighted by molar-refractivity contribution is 7.18. The van der Waals surface area contributed by atoms with Crippen LogP contribution in [0, 0.1) is 10.1 Å². The molecule has 2 heterocycles. The van der Waals surface area contributed by atoms with Gasteiger partial charge in [-0.05, 0) is 25.1 Å². The molecule has 2 aromatic carbocycles. The van der Waals surface area contributed by atoms with Crippen LogP contribution in [0.4, 0.5) is 5.69 Å². The second kappa shape index (κ2) is 7.13. The van der Waals surface area contributed by atoms with Crippen molar-refractivity contribution in [1.29, 1.82) is 0 Å². The zero-order chi connectivity index (χ0) is 18.8. The van der Waals surface area contributed by atoms with Crippen LogP contribution in [-0.4, -0.2) is 14.7 Å². The molecular formula is C20H17N4O2S+. The summed E-state index contributed by atoms with van der Waals surface area (Å²) in [6.45, 7) is 2.86. The van der Waals surface area contributed by atoms with Crippen molar-refractivity contribution < 1.29 is 9.49 Å². The maximum atomic E-state index is 11.0. The number of thiazole rings is 1. The van der Waals surface area contributed by atoms with Gasteiger partial charge in [0, 0.05) is 36.0 Å². The summed E-state index contributed by atoms with van der Waals surface area (Å²) in [6, 6.07) is 15.0. The Kier molecular flexibility index (Phi) is 4.52. The Labute approximate surface area is 159 Å². The number of para-hydroxylation sites is 1. The number of fused-ring (bicyclic) bond motifs is 1. The quantitative estimate of drug-likeness (QED) is 0.293. The summed E-state index contributed by atoms with van der Waals surface area (Å²) in [4.78, 5) is 10.7. The molecule has 0 atom stereocenters. The Bertz CT molecular complexity index is 1150. The van der Waals surface area contributed by atoms with Crippen molar-refractivity contribution in [2.45, 2.75) is 13.5 Å². The first-order chi connectivity index (χ1) is 13.2. The minimum absolute atomic E-state index is 0.117. The summed E-state index contributed by atoms with van der Waals surface area (Å²) < 4.78 is 4.90. The van der Waals surface area contributed by atoms with Crippen molar-refractivity contribution >= 4 is 39.4 Å². The third-order valence-corrected chi connectivity index (χ3v) is 5.40. The second-order valence-electron chi connectivity index (χ2n) is 5.98. The Morgan fingerprint density at radius 3 is 2.78 bits per heavy atom. The summed E-state index contributed by atoms with van der Waals surface area (Å²) >= 11 is 1.55. The van der Waals surface area contributed by atoms with Crippen LogP contribution in [0.25, 0.3) is 28.1 Å². The molecule has 0 radical (unpaired) electrons. The van der Waals surface area contributed by atoms with Crippen LogP contribution in [0.3, 0.4) is 0 Å². The molecule has 0 aliphatic heterocycles. The minimum Gasteiger partial charge on any atom is -0.258 e. The molecule has 134 valence electrons. The molecule has 6 nitrogen and oxygen atoms in total. The van der Waals surface area contributed by atoms with E-state index in [1.165, 1.54) is 0 Å². The Hall–Kier alpha value is -3.32. The molecule has 0 aliphatic carbocycles. The number of nitro benzene ring substituents is 1. The monoisotopic (exact) mass is 377 g/mol. The summed E-state index contributed by atoms with van der Waals surface area (Å²) in [5.74, 6) is 0. The van der Waals surface area contributed by atoms with Crippen molar-refractivity contribution in [2.75, 3.05) is 0 Å². The molecule has 0 bridgehead atoms. The van der Waals surface area contributed by atoms with E-state index in [-0.39, 0.29) is 10.6 Å². The fraction of sp³-hybridized carbons (Fsp3) is 0.100. The Balaban J connectivity index is 1.67. The van der Waals surface area contributed by atoms with Gasteiger partial charge in [-0.15, -0.1) is 0 Å². The molecule has 27 heavy (non-hydrogen) atoms. The lowest BCUT2D eigenvalue weighted by atomic mass is 10.3. The Morgan fingerprint density at radius 1 is 1.22 bits per heavy atom. The standard InChI is InChI=1S/C20H17N4O2S/c1-2-22-18-10-9-17(24(25)26)12-19(18)27-20(22)11-8-15-13-21-23(14-15)16-6-4-3-5-7-16/h3-14H,2H2,1H3/q+1. The molecule has 0 spiro atoms. The summed E-state index contributed by atoms with van der Waals surface area (Å²) in [5, 5.41) is 16.5. The van der Waals surface area contributed by atoms with E-state index in [9.17, 15) is 10.1 Å². The van der Waals surface area contributed by atoms with E-state index in [0.717, 1.165) is 33.0 Å². The number of hydrogen-bond acceptors (Lipinski definition) is 4. The normalized spacial score (nSPS) is 11.4. The average Bonchev–Trinajstić information content (AvgIpc) is 3.30. The van der Waals surface area contributed by atoms with Crippen LogP contribution < -0.4 is 4.57 Å². The summed E-state index contributed by atoms with van der Waals surface area (Å²) in [6.07, 6.45) is 7.84. The van der Waals surface area contributed by atoms with Gasteiger partial charge in [-0.3, -0.25) is 10.1 Å². The largest absolute Gasteiger partial charge is 0.271 e. The number of hydrogen-bond donors (Lipinski definition) is 0. The SMILES string of the molecule is CC[n+]1c(C=Cc2cnn(-c3ccccc3)c2)sc2cc([N+](=O)[O-])ccc21. The fourth-order valence-electron chi connectivity index (χ4n) is 2.97.